The molecule has 0 saturated heterocycles. The Morgan fingerprint density at radius 3 is 1.91 bits per heavy atom. The van der Waals surface area contributed by atoms with Gasteiger partial charge in [0.15, 0.2) is 0 Å². The molecule has 0 fully saturated rings. The number of hydrogen-bond acceptors (Lipinski definition) is 5. The van der Waals surface area contributed by atoms with Crippen LogP contribution in [0.2, 0.25) is 0 Å². The quantitative estimate of drug-likeness (QED) is 0.122. The second-order valence-electron chi connectivity index (χ2n) is 10.9. The molecule has 44 heavy (non-hydrogen) atoms. The molecule has 0 spiro atoms. The van der Waals surface area contributed by atoms with Gasteiger partial charge in [0.1, 0.15) is 5.70 Å². The van der Waals surface area contributed by atoms with Crippen LogP contribution in [-0.4, -0.2) is 37.1 Å². The first kappa shape index (κ1) is 32.1. The van der Waals surface area contributed by atoms with Gasteiger partial charge in [-0.15, -0.1) is 11.8 Å². The van der Waals surface area contributed by atoms with Crippen molar-refractivity contribution in [3.05, 3.63) is 126 Å². The van der Waals surface area contributed by atoms with Gasteiger partial charge in [-0.1, -0.05) is 56.3 Å². The molecule has 1 atom stereocenters. The predicted molar refractivity (Wildman–Crippen MR) is 182 cm³/mol. The molecular formula is C36H38N4O3S. The largest absolute Gasteiger partial charge is 0.378 e. The third kappa shape index (κ3) is 9.09. The summed E-state index contributed by atoms with van der Waals surface area (Å²) >= 11 is 1.43. The highest BCUT2D eigenvalue weighted by Gasteiger charge is 2.17. The van der Waals surface area contributed by atoms with Crippen LogP contribution in [0.5, 0.6) is 0 Å². The molecule has 4 aromatic carbocycles. The number of rotatable bonds is 11. The third-order valence-corrected chi connectivity index (χ3v) is 8.00. The minimum Gasteiger partial charge on any atom is -0.378 e. The number of nitrogens with zero attached hydrogens (tertiary/aromatic N) is 1. The summed E-state index contributed by atoms with van der Waals surface area (Å²) in [5, 5.41) is 8.29. The van der Waals surface area contributed by atoms with Crippen molar-refractivity contribution in [1.82, 2.24) is 5.32 Å². The van der Waals surface area contributed by atoms with Gasteiger partial charge in [0.25, 0.3) is 11.8 Å². The first-order chi connectivity index (χ1) is 21.1. The molecule has 4 rings (SSSR count). The normalized spacial score (nSPS) is 11.9. The van der Waals surface area contributed by atoms with Crippen LogP contribution in [0.1, 0.15) is 48.2 Å². The number of amides is 3. The SMILES string of the molecule is CC(Sc1ccc(NC(=O)/C(=C/c2ccc(N(C)C)cc2)NC(=O)c2ccccc2)cc1)C(=O)Nc1ccc(C(C)C)cc1. The van der Waals surface area contributed by atoms with E-state index >= 15 is 0 Å². The fourth-order valence-electron chi connectivity index (χ4n) is 4.25. The van der Waals surface area contributed by atoms with Crippen molar-refractivity contribution in [3.63, 3.8) is 0 Å². The van der Waals surface area contributed by atoms with E-state index in [1.807, 2.05) is 92.6 Å². The van der Waals surface area contributed by atoms with Crippen molar-refractivity contribution < 1.29 is 14.4 Å². The van der Waals surface area contributed by atoms with Gasteiger partial charge in [-0.05, 0) is 90.7 Å². The molecule has 0 radical (unpaired) electrons. The fourth-order valence-corrected chi connectivity index (χ4v) is 5.11. The first-order valence-corrected chi connectivity index (χ1v) is 15.3. The summed E-state index contributed by atoms with van der Waals surface area (Å²) in [7, 11) is 3.91. The van der Waals surface area contributed by atoms with Crippen LogP contribution in [0.3, 0.4) is 0 Å². The highest BCUT2D eigenvalue weighted by molar-refractivity contribution is 8.00. The van der Waals surface area contributed by atoms with Gasteiger partial charge in [-0.2, -0.15) is 0 Å². The van der Waals surface area contributed by atoms with Gasteiger partial charge in [0.2, 0.25) is 5.91 Å². The number of benzene rings is 4. The second-order valence-corrected chi connectivity index (χ2v) is 12.3. The van der Waals surface area contributed by atoms with E-state index in [4.69, 9.17) is 0 Å². The molecular weight excluding hydrogens is 568 g/mol. The van der Waals surface area contributed by atoms with Crippen LogP contribution < -0.4 is 20.9 Å². The zero-order valence-corrected chi connectivity index (χ0v) is 26.4. The maximum absolute atomic E-state index is 13.4. The molecule has 0 aliphatic rings. The molecule has 1 unspecified atom stereocenters. The Balaban J connectivity index is 1.42. The van der Waals surface area contributed by atoms with Crippen molar-refractivity contribution in [1.29, 1.82) is 0 Å². The van der Waals surface area contributed by atoms with Crippen LogP contribution in [0.25, 0.3) is 6.08 Å². The third-order valence-electron chi connectivity index (χ3n) is 6.89. The molecule has 7 nitrogen and oxygen atoms in total. The average Bonchev–Trinajstić information content (AvgIpc) is 3.02. The molecule has 0 bridgehead atoms. The lowest BCUT2D eigenvalue weighted by Gasteiger charge is -2.14. The molecule has 0 saturated carbocycles. The van der Waals surface area contributed by atoms with Gasteiger partial charge < -0.3 is 20.9 Å². The number of anilines is 3. The van der Waals surface area contributed by atoms with E-state index in [1.165, 1.54) is 17.3 Å². The van der Waals surface area contributed by atoms with Crippen LogP contribution in [-0.2, 0) is 9.59 Å². The fraction of sp³-hybridized carbons (Fsp3) is 0.194. The van der Waals surface area contributed by atoms with E-state index in [0.29, 0.717) is 17.2 Å². The zero-order chi connectivity index (χ0) is 31.6. The predicted octanol–water partition coefficient (Wildman–Crippen LogP) is 7.40. The van der Waals surface area contributed by atoms with Crippen LogP contribution >= 0.6 is 11.8 Å². The maximum Gasteiger partial charge on any atom is 0.272 e. The van der Waals surface area contributed by atoms with Gasteiger partial charge in [0.05, 0.1) is 5.25 Å². The van der Waals surface area contributed by atoms with Crippen LogP contribution in [0, 0.1) is 0 Å². The molecule has 8 heteroatoms. The Morgan fingerprint density at radius 2 is 1.32 bits per heavy atom. The monoisotopic (exact) mass is 606 g/mol. The van der Waals surface area contributed by atoms with Gasteiger partial charge in [-0.3, -0.25) is 14.4 Å². The van der Waals surface area contributed by atoms with E-state index in [1.54, 1.807) is 42.5 Å². The van der Waals surface area contributed by atoms with Crippen molar-refractivity contribution in [2.24, 2.45) is 0 Å². The lowest BCUT2D eigenvalue weighted by Crippen LogP contribution is -2.30. The Kier molecular flexibility index (Phi) is 11.0. The molecule has 3 amide bonds. The molecule has 3 N–H and O–H groups in total. The Hall–Kier alpha value is -4.82. The number of thioether (sulfide) groups is 1. The van der Waals surface area contributed by atoms with E-state index in [0.717, 1.165) is 21.8 Å². The smallest absolute Gasteiger partial charge is 0.272 e. The standard InChI is InChI=1S/C36H38N4O3S/c1-24(2)27-13-15-29(16-14-27)37-34(41)25(3)44-32-21-17-30(18-22-32)38-36(43)33(39-35(42)28-9-7-6-8-10-28)23-26-11-19-31(20-12-26)40(4)5/h6-25H,1-5H3,(H,37,41)(H,38,43)(H,39,42)/b33-23-. The van der Waals surface area contributed by atoms with Gasteiger partial charge >= 0.3 is 0 Å². The summed E-state index contributed by atoms with van der Waals surface area (Å²) < 4.78 is 0. The minimum absolute atomic E-state index is 0.0905. The first-order valence-electron chi connectivity index (χ1n) is 14.4. The number of nitrogens with one attached hydrogen (secondary N) is 3. The van der Waals surface area contributed by atoms with Crippen molar-refractivity contribution in [2.45, 2.75) is 36.8 Å². The van der Waals surface area contributed by atoms with E-state index in [2.05, 4.69) is 29.8 Å². The zero-order valence-electron chi connectivity index (χ0n) is 25.6. The summed E-state index contributed by atoms with van der Waals surface area (Å²) in [6.07, 6.45) is 1.65. The highest BCUT2D eigenvalue weighted by Crippen LogP contribution is 2.26. The lowest BCUT2D eigenvalue weighted by molar-refractivity contribution is -0.115. The van der Waals surface area contributed by atoms with E-state index in [-0.39, 0.29) is 22.8 Å². The highest BCUT2D eigenvalue weighted by atomic mass is 32.2. The summed E-state index contributed by atoms with van der Waals surface area (Å²) in [6, 6.07) is 31.6. The Morgan fingerprint density at radius 1 is 0.727 bits per heavy atom. The van der Waals surface area contributed by atoms with E-state index < -0.39 is 5.91 Å². The molecule has 0 aromatic heterocycles. The Labute approximate surface area is 263 Å². The van der Waals surface area contributed by atoms with Crippen LogP contribution in [0.4, 0.5) is 17.1 Å². The van der Waals surface area contributed by atoms with Crippen molar-refractivity contribution in [3.8, 4) is 0 Å². The molecule has 226 valence electrons. The van der Waals surface area contributed by atoms with Crippen LogP contribution in [0.15, 0.2) is 114 Å². The Bertz CT molecular complexity index is 1600. The van der Waals surface area contributed by atoms with Crippen molar-refractivity contribution in [2.75, 3.05) is 29.6 Å². The average molecular weight is 607 g/mol. The topological polar surface area (TPSA) is 90.5 Å². The number of hydrogen-bond donors (Lipinski definition) is 3. The lowest BCUT2D eigenvalue weighted by atomic mass is 10.0. The van der Waals surface area contributed by atoms with Gasteiger partial charge in [0, 0.05) is 41.6 Å². The maximum atomic E-state index is 13.4. The van der Waals surface area contributed by atoms with E-state index in [9.17, 15) is 14.4 Å². The molecule has 4 aromatic rings. The molecule has 0 heterocycles. The van der Waals surface area contributed by atoms with Crippen molar-refractivity contribution >= 4 is 52.6 Å². The summed E-state index contributed by atoms with van der Waals surface area (Å²) in [5.41, 5.74) is 4.89. The minimum atomic E-state index is -0.456. The number of carbonyl (C=O) groups excluding carboxylic acids is 3. The summed E-state index contributed by atoms with van der Waals surface area (Å²) in [4.78, 5) is 42.0. The van der Waals surface area contributed by atoms with Gasteiger partial charge in [-0.25, -0.2) is 0 Å². The number of carbonyl (C=O) groups is 3. The molecule has 0 aliphatic heterocycles. The second kappa shape index (κ2) is 15.1. The summed E-state index contributed by atoms with van der Waals surface area (Å²) in [6.45, 7) is 6.12. The molecule has 0 aliphatic carbocycles. The summed E-state index contributed by atoms with van der Waals surface area (Å²) in [5.74, 6) is -0.500.